The predicted molar refractivity (Wildman–Crippen MR) is 100 cm³/mol. The molecule has 0 bridgehead atoms. The summed E-state index contributed by atoms with van der Waals surface area (Å²) < 4.78 is 0. The molecule has 2 fully saturated rings. The van der Waals surface area contributed by atoms with Crippen LogP contribution in [0.15, 0.2) is 46.4 Å². The Morgan fingerprint density at radius 3 is 2.26 bits per heavy atom. The van der Waals surface area contributed by atoms with Gasteiger partial charge in [0.2, 0.25) is 11.8 Å². The lowest BCUT2D eigenvalue weighted by Gasteiger charge is -2.23. The number of carbonyl (C=O) groups excluding carboxylic acids is 4. The van der Waals surface area contributed by atoms with Crippen molar-refractivity contribution >= 4 is 41.0 Å². The number of fused-ring (bicyclic) bond motifs is 2. The summed E-state index contributed by atoms with van der Waals surface area (Å²) >= 11 is 1.58. The summed E-state index contributed by atoms with van der Waals surface area (Å²) in [5.41, 5.74) is 1.68. The van der Waals surface area contributed by atoms with Gasteiger partial charge in [-0.1, -0.05) is 18.2 Å². The fraction of sp³-hybridized carbons (Fsp3) is 0.300. The minimum Gasteiger partial charge on any atom is -0.285 e. The van der Waals surface area contributed by atoms with E-state index in [-0.39, 0.29) is 29.5 Å². The van der Waals surface area contributed by atoms with Crippen molar-refractivity contribution in [2.24, 2.45) is 11.8 Å². The van der Waals surface area contributed by atoms with Crippen LogP contribution in [0.4, 0.5) is 0 Å². The smallest absolute Gasteiger partial charge is 0.261 e. The number of nitrogens with zero attached hydrogens (tertiary/aromatic N) is 2. The number of hydrogen-bond donors (Lipinski definition) is 0. The molecule has 27 heavy (non-hydrogen) atoms. The number of amides is 4. The number of likely N-dealkylation sites (tertiary alicyclic amines) is 2. The molecule has 138 valence electrons. The molecular weight excluding hydrogens is 364 g/mol. The highest BCUT2D eigenvalue weighted by molar-refractivity contribution is 7.98. The third kappa shape index (κ3) is 2.34. The first-order valence-corrected chi connectivity index (χ1v) is 9.91. The molecule has 0 saturated carbocycles. The van der Waals surface area contributed by atoms with E-state index in [0.717, 1.165) is 14.7 Å². The standard InChI is InChI=1S/C20H18N2O4S/c1-4-22-18(24)13-9-12-15(19(25)21(2)17(12)23)14(16(13)20(22)26)10-5-7-11(27-3)8-6-10/h5-9,12,15H,4H2,1-3H3. The van der Waals surface area contributed by atoms with Gasteiger partial charge < -0.3 is 0 Å². The third-order valence-corrected chi connectivity index (χ3v) is 6.16. The number of benzene rings is 1. The first-order chi connectivity index (χ1) is 12.9. The van der Waals surface area contributed by atoms with Crippen molar-refractivity contribution in [3.63, 3.8) is 0 Å². The van der Waals surface area contributed by atoms with Crippen LogP contribution >= 0.6 is 11.8 Å². The Bertz CT molecular complexity index is 961. The van der Waals surface area contributed by atoms with Crippen LogP contribution in [0, 0.1) is 11.8 Å². The average molecular weight is 382 g/mol. The van der Waals surface area contributed by atoms with E-state index in [1.54, 1.807) is 18.7 Å². The lowest BCUT2D eigenvalue weighted by atomic mass is 9.75. The van der Waals surface area contributed by atoms with E-state index in [2.05, 4.69) is 0 Å². The normalized spacial score (nSPS) is 24.6. The molecule has 4 amide bonds. The molecule has 6 nitrogen and oxygen atoms in total. The monoisotopic (exact) mass is 382 g/mol. The molecule has 2 saturated heterocycles. The summed E-state index contributed by atoms with van der Waals surface area (Å²) in [5, 5.41) is 0. The van der Waals surface area contributed by atoms with Crippen LogP contribution in [-0.4, -0.2) is 53.3 Å². The molecule has 0 radical (unpaired) electrons. The van der Waals surface area contributed by atoms with Gasteiger partial charge in [0, 0.05) is 24.1 Å². The number of imide groups is 2. The lowest BCUT2D eigenvalue weighted by Crippen LogP contribution is -2.29. The second-order valence-corrected chi connectivity index (χ2v) is 7.57. The first kappa shape index (κ1) is 17.7. The highest BCUT2D eigenvalue weighted by Gasteiger charge is 2.54. The van der Waals surface area contributed by atoms with Crippen LogP contribution < -0.4 is 0 Å². The zero-order chi connectivity index (χ0) is 19.5. The van der Waals surface area contributed by atoms with Gasteiger partial charge in [0.05, 0.1) is 17.4 Å². The molecule has 7 heteroatoms. The number of likely N-dealkylation sites (N-methyl/N-ethyl adjacent to an activating group) is 1. The van der Waals surface area contributed by atoms with Crippen LogP contribution in [0.3, 0.4) is 0 Å². The molecule has 2 unspecified atom stereocenters. The van der Waals surface area contributed by atoms with E-state index in [1.165, 1.54) is 13.1 Å². The highest BCUT2D eigenvalue weighted by Crippen LogP contribution is 2.47. The van der Waals surface area contributed by atoms with E-state index < -0.39 is 23.7 Å². The maximum absolute atomic E-state index is 12.9. The maximum atomic E-state index is 12.9. The Labute approximate surface area is 160 Å². The molecule has 1 aromatic carbocycles. The van der Waals surface area contributed by atoms with E-state index in [0.29, 0.717) is 11.1 Å². The molecular formula is C20H18N2O4S. The molecule has 0 N–H and O–H groups in total. The van der Waals surface area contributed by atoms with Gasteiger partial charge >= 0.3 is 0 Å². The second-order valence-electron chi connectivity index (χ2n) is 6.69. The summed E-state index contributed by atoms with van der Waals surface area (Å²) in [6.45, 7) is 1.97. The summed E-state index contributed by atoms with van der Waals surface area (Å²) in [4.78, 5) is 54.3. The first-order valence-electron chi connectivity index (χ1n) is 8.69. The second kappa shape index (κ2) is 6.20. The Hall–Kier alpha value is -2.67. The summed E-state index contributed by atoms with van der Waals surface area (Å²) in [6.07, 6.45) is 3.47. The summed E-state index contributed by atoms with van der Waals surface area (Å²) in [6, 6.07) is 7.50. The fourth-order valence-electron chi connectivity index (χ4n) is 4.03. The molecule has 1 aromatic rings. The summed E-state index contributed by atoms with van der Waals surface area (Å²) in [5.74, 6) is -2.99. The number of rotatable bonds is 3. The predicted octanol–water partition coefficient (Wildman–Crippen LogP) is 1.72. The Kier molecular flexibility index (Phi) is 4.07. The van der Waals surface area contributed by atoms with Gasteiger partial charge in [0.15, 0.2) is 0 Å². The quantitative estimate of drug-likeness (QED) is 0.588. The SMILES string of the molecule is CCN1C(=O)C2=CC3C(=O)N(C)C(=O)C3C(c3ccc(SC)cc3)=C2C1=O. The van der Waals surface area contributed by atoms with Crippen LogP contribution in [0.2, 0.25) is 0 Å². The van der Waals surface area contributed by atoms with Gasteiger partial charge in [-0.3, -0.25) is 29.0 Å². The third-order valence-electron chi connectivity index (χ3n) is 5.42. The van der Waals surface area contributed by atoms with Crippen LogP contribution in [0.25, 0.3) is 5.57 Å². The van der Waals surface area contributed by atoms with E-state index in [4.69, 9.17) is 0 Å². The van der Waals surface area contributed by atoms with Crippen LogP contribution in [0.1, 0.15) is 12.5 Å². The van der Waals surface area contributed by atoms with Crippen LogP contribution in [0.5, 0.6) is 0 Å². The van der Waals surface area contributed by atoms with Crippen molar-refractivity contribution in [3.05, 3.63) is 47.1 Å². The molecule has 2 heterocycles. The van der Waals surface area contributed by atoms with Gasteiger partial charge in [-0.2, -0.15) is 0 Å². The number of carbonyl (C=O) groups is 4. The maximum Gasteiger partial charge on any atom is 0.261 e. The molecule has 0 aromatic heterocycles. The highest BCUT2D eigenvalue weighted by atomic mass is 32.2. The molecule has 4 rings (SSSR count). The van der Waals surface area contributed by atoms with Crippen molar-refractivity contribution in [1.29, 1.82) is 0 Å². The number of hydrogen-bond acceptors (Lipinski definition) is 5. The van der Waals surface area contributed by atoms with E-state index in [1.807, 2.05) is 30.5 Å². The van der Waals surface area contributed by atoms with Gasteiger partial charge in [-0.05, 0) is 36.4 Å². The minimum atomic E-state index is -0.769. The average Bonchev–Trinajstić information content (AvgIpc) is 3.06. The van der Waals surface area contributed by atoms with Gasteiger partial charge in [-0.15, -0.1) is 11.8 Å². The van der Waals surface area contributed by atoms with E-state index >= 15 is 0 Å². The Morgan fingerprint density at radius 1 is 1.00 bits per heavy atom. The van der Waals surface area contributed by atoms with Crippen molar-refractivity contribution in [2.75, 3.05) is 19.8 Å². The van der Waals surface area contributed by atoms with Crippen molar-refractivity contribution in [3.8, 4) is 0 Å². The zero-order valence-electron chi connectivity index (χ0n) is 15.2. The van der Waals surface area contributed by atoms with Gasteiger partial charge in [0.25, 0.3) is 11.8 Å². The largest absolute Gasteiger partial charge is 0.285 e. The molecule has 0 spiro atoms. The topological polar surface area (TPSA) is 74.8 Å². The molecule has 2 atom stereocenters. The Morgan fingerprint density at radius 2 is 1.67 bits per heavy atom. The fourth-order valence-corrected chi connectivity index (χ4v) is 4.44. The van der Waals surface area contributed by atoms with Crippen molar-refractivity contribution in [2.45, 2.75) is 11.8 Å². The number of thioether (sulfide) groups is 1. The van der Waals surface area contributed by atoms with E-state index in [9.17, 15) is 19.2 Å². The van der Waals surface area contributed by atoms with Crippen molar-refractivity contribution < 1.29 is 19.2 Å². The summed E-state index contributed by atoms with van der Waals surface area (Å²) in [7, 11) is 1.44. The van der Waals surface area contributed by atoms with Crippen LogP contribution in [-0.2, 0) is 19.2 Å². The van der Waals surface area contributed by atoms with Gasteiger partial charge in [0.1, 0.15) is 0 Å². The minimum absolute atomic E-state index is 0.239. The van der Waals surface area contributed by atoms with Gasteiger partial charge in [-0.25, -0.2) is 0 Å². The Balaban J connectivity index is 1.98. The lowest BCUT2D eigenvalue weighted by molar-refractivity contribution is -0.138. The van der Waals surface area contributed by atoms with Crippen molar-refractivity contribution in [1.82, 2.24) is 9.80 Å². The molecule has 3 aliphatic rings. The zero-order valence-corrected chi connectivity index (χ0v) is 16.0. The molecule has 1 aliphatic carbocycles. The molecule has 2 aliphatic heterocycles.